The molecule has 2 rings (SSSR count). The molecule has 0 aliphatic heterocycles. The summed E-state index contributed by atoms with van der Waals surface area (Å²) in [5.41, 5.74) is 8.94. The van der Waals surface area contributed by atoms with Crippen molar-refractivity contribution >= 4 is 5.71 Å². The second-order valence-electron chi connectivity index (χ2n) is 7.21. The predicted molar refractivity (Wildman–Crippen MR) is 115 cm³/mol. The average molecular weight is 367 g/mol. The Morgan fingerprint density at radius 3 is 2.41 bits per heavy atom. The molecule has 0 atom stereocenters. The summed E-state index contributed by atoms with van der Waals surface area (Å²) in [6.45, 7) is 14.2. The number of aryl methyl sites for hydroxylation is 1. The predicted octanol–water partition coefficient (Wildman–Crippen LogP) is 6.40. The molecule has 1 aliphatic rings. The topological polar surface area (TPSA) is 24.4 Å². The third-order valence-corrected chi connectivity index (χ3v) is 5.40. The fourth-order valence-electron chi connectivity index (χ4n) is 3.77. The Kier molecular flexibility index (Phi) is 6.95. The molecule has 1 aromatic carbocycles. The van der Waals surface area contributed by atoms with E-state index in [2.05, 4.69) is 25.7 Å². The molecule has 0 aromatic heterocycles. The zero-order valence-corrected chi connectivity index (χ0v) is 17.5. The number of allylic oxidation sites excluding steroid dienone is 5. The second kappa shape index (κ2) is 8.98. The zero-order chi connectivity index (χ0) is 20.1. The first kappa shape index (κ1) is 20.9. The normalized spacial score (nSPS) is 16.9. The number of nitrogens with zero attached hydrogens (tertiary/aromatic N) is 1. The third kappa shape index (κ3) is 4.47. The van der Waals surface area contributed by atoms with E-state index < -0.39 is 0 Å². The van der Waals surface area contributed by atoms with Crippen molar-refractivity contribution in [2.45, 2.75) is 53.9 Å². The van der Waals surface area contributed by atoms with Crippen LogP contribution in [0, 0.1) is 12.7 Å². The lowest BCUT2D eigenvalue weighted by atomic mass is 9.95. The highest BCUT2D eigenvalue weighted by atomic mass is 19.1. The second-order valence-corrected chi connectivity index (χ2v) is 7.21. The summed E-state index contributed by atoms with van der Waals surface area (Å²) < 4.78 is 14.4. The van der Waals surface area contributed by atoms with Crippen molar-refractivity contribution in [3.05, 3.63) is 81.5 Å². The fraction of sp³-hybridized carbons (Fsp3) is 0.375. The molecule has 1 N–H and O–H groups in total. The number of hydrogen-bond acceptors (Lipinski definition) is 2. The smallest absolute Gasteiger partial charge is 0.132 e. The Bertz CT molecular complexity index is 846. The van der Waals surface area contributed by atoms with Crippen LogP contribution in [0.4, 0.5) is 4.39 Å². The summed E-state index contributed by atoms with van der Waals surface area (Å²) in [6.07, 6.45) is 5.31. The van der Waals surface area contributed by atoms with Crippen molar-refractivity contribution in [3.63, 3.8) is 0 Å². The first-order valence-corrected chi connectivity index (χ1v) is 9.53. The monoisotopic (exact) mass is 366 g/mol. The minimum atomic E-state index is -0.243. The molecule has 3 heteroatoms. The molecule has 0 fully saturated rings. The Morgan fingerprint density at radius 1 is 1.19 bits per heavy atom. The molecule has 0 radical (unpaired) electrons. The first-order valence-electron chi connectivity index (χ1n) is 9.53. The van der Waals surface area contributed by atoms with Gasteiger partial charge in [0.2, 0.25) is 0 Å². The number of halogens is 1. The van der Waals surface area contributed by atoms with Crippen LogP contribution in [0.2, 0.25) is 0 Å². The summed E-state index contributed by atoms with van der Waals surface area (Å²) >= 11 is 0. The Labute approximate surface area is 163 Å². The zero-order valence-electron chi connectivity index (χ0n) is 17.5. The van der Waals surface area contributed by atoms with Crippen molar-refractivity contribution in [2.75, 3.05) is 7.05 Å². The van der Waals surface area contributed by atoms with Crippen LogP contribution in [-0.4, -0.2) is 12.8 Å². The lowest BCUT2D eigenvalue weighted by Gasteiger charge is -2.16. The SMILES string of the molecule is C=CC(=C(/C)C1=C(C)CCC1)/C(N=C(C)c1c(C)cccc1F)=C(/C)NC. The standard InChI is InChI=1S/C24H31FN2/c1-8-20(17(4)21-13-9-11-15(21)2)24(19(6)26-7)27-18(5)23-16(3)12-10-14-22(23)25/h8,10,12,14,26H,1,9,11,13H2,2-7H3/b20-17+,24-19+,27-18?. The van der Waals surface area contributed by atoms with E-state index in [4.69, 9.17) is 4.99 Å². The van der Waals surface area contributed by atoms with Gasteiger partial charge in [0.1, 0.15) is 5.82 Å². The lowest BCUT2D eigenvalue weighted by molar-refractivity contribution is 0.624. The summed E-state index contributed by atoms with van der Waals surface area (Å²) in [7, 11) is 1.88. The fourth-order valence-corrected chi connectivity index (χ4v) is 3.77. The van der Waals surface area contributed by atoms with Crippen LogP contribution in [0.1, 0.15) is 58.1 Å². The Morgan fingerprint density at radius 2 is 1.89 bits per heavy atom. The van der Waals surface area contributed by atoms with Crippen LogP contribution in [-0.2, 0) is 0 Å². The summed E-state index contributed by atoms with van der Waals surface area (Å²) in [6, 6.07) is 5.12. The molecule has 0 heterocycles. The van der Waals surface area contributed by atoms with Crippen LogP contribution < -0.4 is 5.32 Å². The molecular weight excluding hydrogens is 335 g/mol. The van der Waals surface area contributed by atoms with Gasteiger partial charge < -0.3 is 5.32 Å². The van der Waals surface area contributed by atoms with E-state index in [1.807, 2.05) is 40.0 Å². The molecule has 1 aliphatic carbocycles. The van der Waals surface area contributed by atoms with Crippen LogP contribution >= 0.6 is 0 Å². The lowest BCUT2D eigenvalue weighted by Crippen LogP contribution is -2.10. The maximum atomic E-state index is 14.4. The molecule has 0 amide bonds. The van der Waals surface area contributed by atoms with E-state index in [0.29, 0.717) is 11.3 Å². The van der Waals surface area contributed by atoms with E-state index >= 15 is 0 Å². The van der Waals surface area contributed by atoms with Gasteiger partial charge in [-0.2, -0.15) is 0 Å². The van der Waals surface area contributed by atoms with Crippen molar-refractivity contribution < 1.29 is 4.39 Å². The van der Waals surface area contributed by atoms with E-state index in [-0.39, 0.29) is 5.82 Å². The summed E-state index contributed by atoms with van der Waals surface area (Å²) in [5.74, 6) is -0.243. The maximum Gasteiger partial charge on any atom is 0.132 e. The number of aliphatic imine (C=N–C) groups is 1. The molecule has 1 aromatic rings. The molecule has 2 nitrogen and oxygen atoms in total. The van der Waals surface area contributed by atoms with Gasteiger partial charge in [-0.15, -0.1) is 0 Å². The van der Waals surface area contributed by atoms with Gasteiger partial charge in [-0.1, -0.05) is 30.4 Å². The molecule has 0 unspecified atom stereocenters. The van der Waals surface area contributed by atoms with Crippen molar-refractivity contribution in [1.82, 2.24) is 5.32 Å². The third-order valence-electron chi connectivity index (χ3n) is 5.40. The highest BCUT2D eigenvalue weighted by molar-refractivity contribution is 6.01. The number of hydrogen-bond donors (Lipinski definition) is 1. The van der Waals surface area contributed by atoms with Gasteiger partial charge in [0.15, 0.2) is 0 Å². The molecule has 0 spiro atoms. The van der Waals surface area contributed by atoms with Gasteiger partial charge in [-0.05, 0) is 76.7 Å². The minimum absolute atomic E-state index is 0.243. The Balaban J connectivity index is 2.66. The first-order chi connectivity index (χ1) is 12.8. The number of rotatable bonds is 6. The van der Waals surface area contributed by atoms with E-state index in [9.17, 15) is 4.39 Å². The largest absolute Gasteiger partial charge is 0.390 e. The van der Waals surface area contributed by atoms with Crippen LogP contribution in [0.3, 0.4) is 0 Å². The highest BCUT2D eigenvalue weighted by Crippen LogP contribution is 2.35. The molecular formula is C24H31FN2. The van der Waals surface area contributed by atoms with Gasteiger partial charge in [-0.25, -0.2) is 4.39 Å². The van der Waals surface area contributed by atoms with Crippen LogP contribution in [0.25, 0.3) is 0 Å². The average Bonchev–Trinajstić information content (AvgIpc) is 3.06. The minimum Gasteiger partial charge on any atom is -0.390 e. The van der Waals surface area contributed by atoms with Gasteiger partial charge in [0.25, 0.3) is 0 Å². The molecule has 0 bridgehead atoms. The quantitative estimate of drug-likeness (QED) is 0.457. The summed E-state index contributed by atoms with van der Waals surface area (Å²) in [5, 5.41) is 3.20. The molecule has 144 valence electrons. The van der Waals surface area contributed by atoms with Crippen LogP contribution in [0.15, 0.2) is 69.5 Å². The Hall–Kier alpha value is -2.42. The van der Waals surface area contributed by atoms with E-state index in [1.54, 1.807) is 6.07 Å². The van der Waals surface area contributed by atoms with E-state index in [0.717, 1.165) is 35.4 Å². The van der Waals surface area contributed by atoms with Gasteiger partial charge in [0.05, 0.1) is 5.70 Å². The summed E-state index contributed by atoms with van der Waals surface area (Å²) in [4.78, 5) is 4.87. The van der Waals surface area contributed by atoms with Gasteiger partial charge in [-0.3, -0.25) is 4.99 Å². The number of nitrogens with one attached hydrogen (secondary N) is 1. The van der Waals surface area contributed by atoms with Crippen LogP contribution in [0.5, 0.6) is 0 Å². The van der Waals surface area contributed by atoms with Gasteiger partial charge in [0, 0.05) is 29.6 Å². The number of benzene rings is 1. The molecule has 0 saturated heterocycles. The maximum absolute atomic E-state index is 14.4. The van der Waals surface area contributed by atoms with Crippen molar-refractivity contribution in [1.29, 1.82) is 0 Å². The van der Waals surface area contributed by atoms with E-state index in [1.165, 1.54) is 29.2 Å². The highest BCUT2D eigenvalue weighted by Gasteiger charge is 2.18. The molecule has 27 heavy (non-hydrogen) atoms. The van der Waals surface area contributed by atoms with Crippen molar-refractivity contribution in [3.8, 4) is 0 Å². The van der Waals surface area contributed by atoms with Gasteiger partial charge >= 0.3 is 0 Å². The van der Waals surface area contributed by atoms with Crippen molar-refractivity contribution in [2.24, 2.45) is 4.99 Å². The molecule has 0 saturated carbocycles.